The predicted molar refractivity (Wildman–Crippen MR) is 35.3 cm³/mol. The first-order valence-electron chi connectivity index (χ1n) is 3.33. The fourth-order valence-electron chi connectivity index (χ4n) is 0.999. The average molecular weight is 147 g/mol. The maximum atomic E-state index is 9.26. The summed E-state index contributed by atoms with van der Waals surface area (Å²) in [7, 11) is 1.49. The molecule has 0 aliphatic carbocycles. The van der Waals surface area contributed by atoms with Crippen LogP contribution in [0.5, 0.6) is 0 Å². The van der Waals surface area contributed by atoms with E-state index in [1.165, 1.54) is 7.11 Å². The number of nitrogens with two attached hydrogens (primary N) is 1. The smallest absolute Gasteiger partial charge is 0.184 e. The fraction of sp³-hybridized carbons (Fsp3) is 1.00. The molecule has 60 valence electrons. The van der Waals surface area contributed by atoms with Gasteiger partial charge in [-0.15, -0.1) is 0 Å². The second kappa shape index (κ2) is 3.30. The molecule has 0 bridgehead atoms. The summed E-state index contributed by atoms with van der Waals surface area (Å²) in [5.74, 6) is 0. The molecule has 3 N–H and O–H groups in total. The SMILES string of the molecule is CO[C@@H]1OCC[C@H](N)[C@H]1O. The van der Waals surface area contributed by atoms with Gasteiger partial charge in [0.05, 0.1) is 6.61 Å². The lowest BCUT2D eigenvalue weighted by molar-refractivity contribution is -0.206. The minimum atomic E-state index is -0.682. The van der Waals surface area contributed by atoms with Crippen LogP contribution in [0, 0.1) is 0 Å². The summed E-state index contributed by atoms with van der Waals surface area (Å²) in [5.41, 5.74) is 5.53. The molecule has 4 heteroatoms. The van der Waals surface area contributed by atoms with Crippen molar-refractivity contribution >= 4 is 0 Å². The lowest BCUT2D eigenvalue weighted by Gasteiger charge is -2.31. The number of rotatable bonds is 1. The van der Waals surface area contributed by atoms with Crippen molar-refractivity contribution in [2.75, 3.05) is 13.7 Å². The molecular formula is C6H13NO3. The summed E-state index contributed by atoms with van der Waals surface area (Å²) in [4.78, 5) is 0. The van der Waals surface area contributed by atoms with Crippen molar-refractivity contribution in [2.24, 2.45) is 5.73 Å². The Bertz CT molecular complexity index is 109. The zero-order valence-corrected chi connectivity index (χ0v) is 5.99. The summed E-state index contributed by atoms with van der Waals surface area (Å²) in [6.07, 6.45) is -0.524. The van der Waals surface area contributed by atoms with Gasteiger partial charge in [0.1, 0.15) is 6.10 Å². The van der Waals surface area contributed by atoms with Gasteiger partial charge >= 0.3 is 0 Å². The Morgan fingerprint density at radius 1 is 1.70 bits per heavy atom. The number of methoxy groups -OCH3 is 1. The van der Waals surface area contributed by atoms with E-state index in [2.05, 4.69) is 0 Å². The molecule has 4 nitrogen and oxygen atoms in total. The third-order valence-corrected chi connectivity index (χ3v) is 1.68. The summed E-state index contributed by atoms with van der Waals surface area (Å²) in [6, 6.07) is -0.210. The lowest BCUT2D eigenvalue weighted by Crippen LogP contribution is -2.49. The van der Waals surface area contributed by atoms with Crippen molar-refractivity contribution in [1.82, 2.24) is 0 Å². The van der Waals surface area contributed by atoms with Gasteiger partial charge < -0.3 is 20.3 Å². The number of hydrogen-bond donors (Lipinski definition) is 2. The number of aliphatic hydroxyl groups excluding tert-OH is 1. The molecule has 1 rings (SSSR count). The van der Waals surface area contributed by atoms with Gasteiger partial charge in [-0.05, 0) is 6.42 Å². The van der Waals surface area contributed by atoms with Crippen molar-refractivity contribution in [1.29, 1.82) is 0 Å². The van der Waals surface area contributed by atoms with Crippen molar-refractivity contribution in [3.8, 4) is 0 Å². The zero-order valence-electron chi connectivity index (χ0n) is 5.99. The van der Waals surface area contributed by atoms with Crippen LogP contribution in [0.2, 0.25) is 0 Å². The third-order valence-electron chi connectivity index (χ3n) is 1.68. The molecule has 0 saturated carbocycles. The van der Waals surface area contributed by atoms with E-state index in [4.69, 9.17) is 15.2 Å². The normalized spacial score (nSPS) is 41.7. The van der Waals surface area contributed by atoms with Crippen LogP contribution in [-0.2, 0) is 9.47 Å². The first-order chi connectivity index (χ1) is 4.75. The highest BCUT2D eigenvalue weighted by Gasteiger charge is 2.29. The van der Waals surface area contributed by atoms with Crippen LogP contribution in [0.25, 0.3) is 0 Å². The van der Waals surface area contributed by atoms with Gasteiger partial charge in [0.25, 0.3) is 0 Å². The highest BCUT2D eigenvalue weighted by molar-refractivity contribution is 4.78. The maximum Gasteiger partial charge on any atom is 0.184 e. The minimum absolute atomic E-state index is 0.210. The van der Waals surface area contributed by atoms with Crippen LogP contribution < -0.4 is 5.73 Å². The minimum Gasteiger partial charge on any atom is -0.386 e. The van der Waals surface area contributed by atoms with Gasteiger partial charge in [-0.3, -0.25) is 0 Å². The van der Waals surface area contributed by atoms with Crippen molar-refractivity contribution < 1.29 is 14.6 Å². The maximum absolute atomic E-state index is 9.26. The quantitative estimate of drug-likeness (QED) is 0.503. The molecule has 1 heterocycles. The second-order valence-corrected chi connectivity index (χ2v) is 2.42. The Morgan fingerprint density at radius 2 is 2.40 bits per heavy atom. The van der Waals surface area contributed by atoms with Gasteiger partial charge in [-0.1, -0.05) is 0 Å². The molecule has 1 fully saturated rings. The zero-order chi connectivity index (χ0) is 7.56. The van der Waals surface area contributed by atoms with Crippen molar-refractivity contribution in [2.45, 2.75) is 24.9 Å². The van der Waals surface area contributed by atoms with Crippen molar-refractivity contribution in [3.63, 3.8) is 0 Å². The largest absolute Gasteiger partial charge is 0.386 e. The topological polar surface area (TPSA) is 64.7 Å². The Kier molecular flexibility index (Phi) is 2.62. The van der Waals surface area contributed by atoms with E-state index in [9.17, 15) is 5.11 Å². The first-order valence-corrected chi connectivity index (χ1v) is 3.33. The van der Waals surface area contributed by atoms with E-state index in [-0.39, 0.29) is 6.04 Å². The molecule has 0 spiro atoms. The molecule has 10 heavy (non-hydrogen) atoms. The van der Waals surface area contributed by atoms with E-state index in [1.807, 2.05) is 0 Å². The Morgan fingerprint density at radius 3 is 2.90 bits per heavy atom. The molecule has 0 unspecified atom stereocenters. The third kappa shape index (κ3) is 1.46. The van der Waals surface area contributed by atoms with Crippen LogP contribution in [0.4, 0.5) is 0 Å². The highest BCUT2D eigenvalue weighted by Crippen LogP contribution is 2.12. The summed E-state index contributed by atoms with van der Waals surface area (Å²) in [5, 5.41) is 9.26. The highest BCUT2D eigenvalue weighted by atomic mass is 16.7. The van der Waals surface area contributed by atoms with Gasteiger partial charge in [-0.2, -0.15) is 0 Å². The Hall–Kier alpha value is -0.160. The van der Waals surface area contributed by atoms with E-state index in [1.54, 1.807) is 0 Å². The summed E-state index contributed by atoms with van der Waals surface area (Å²) in [6.45, 7) is 0.566. The molecule has 0 radical (unpaired) electrons. The van der Waals surface area contributed by atoms with Crippen LogP contribution in [0.15, 0.2) is 0 Å². The van der Waals surface area contributed by atoms with Gasteiger partial charge in [0, 0.05) is 13.2 Å². The number of ether oxygens (including phenoxy) is 2. The Balaban J connectivity index is 2.42. The molecule has 3 atom stereocenters. The Labute approximate surface area is 59.9 Å². The van der Waals surface area contributed by atoms with Gasteiger partial charge in [0.15, 0.2) is 6.29 Å². The van der Waals surface area contributed by atoms with E-state index in [0.717, 1.165) is 0 Å². The van der Waals surface area contributed by atoms with Crippen molar-refractivity contribution in [3.05, 3.63) is 0 Å². The van der Waals surface area contributed by atoms with Gasteiger partial charge in [0.2, 0.25) is 0 Å². The lowest BCUT2D eigenvalue weighted by atomic mass is 10.1. The standard InChI is InChI=1S/C6H13NO3/c1-9-6-5(8)4(7)2-3-10-6/h4-6,8H,2-3,7H2,1H3/t4-,5+,6+/m0/s1. The molecular weight excluding hydrogens is 134 g/mol. The predicted octanol–water partition coefficient (Wildman–Crippen LogP) is -0.933. The fourth-order valence-corrected chi connectivity index (χ4v) is 0.999. The molecule has 0 amide bonds. The second-order valence-electron chi connectivity index (χ2n) is 2.42. The monoisotopic (exact) mass is 147 g/mol. The van der Waals surface area contributed by atoms with Crippen LogP contribution in [-0.4, -0.2) is 37.3 Å². The molecule has 0 aromatic carbocycles. The first kappa shape index (κ1) is 7.94. The van der Waals surface area contributed by atoms with Gasteiger partial charge in [-0.25, -0.2) is 0 Å². The summed E-state index contributed by atoms with van der Waals surface area (Å²) < 4.78 is 9.88. The van der Waals surface area contributed by atoms with E-state index < -0.39 is 12.4 Å². The average Bonchev–Trinajstić information content (AvgIpc) is 1.95. The molecule has 0 aromatic rings. The molecule has 1 aliphatic heterocycles. The number of hydrogen-bond acceptors (Lipinski definition) is 4. The summed E-state index contributed by atoms with van der Waals surface area (Å²) >= 11 is 0. The molecule has 1 saturated heterocycles. The van der Waals surface area contributed by atoms with E-state index in [0.29, 0.717) is 13.0 Å². The van der Waals surface area contributed by atoms with Crippen LogP contribution >= 0.6 is 0 Å². The molecule has 0 aromatic heterocycles. The van der Waals surface area contributed by atoms with E-state index >= 15 is 0 Å². The van der Waals surface area contributed by atoms with Crippen LogP contribution in [0.3, 0.4) is 0 Å². The van der Waals surface area contributed by atoms with Crippen LogP contribution in [0.1, 0.15) is 6.42 Å². The number of aliphatic hydroxyl groups is 1. The molecule has 1 aliphatic rings.